The Morgan fingerprint density at radius 1 is 1.15 bits per heavy atom. The molecular formula is C14H16N2O3S. The number of sulfonamides is 1. The molecule has 20 heavy (non-hydrogen) atoms. The van der Waals surface area contributed by atoms with Crippen molar-refractivity contribution in [2.75, 3.05) is 17.6 Å². The van der Waals surface area contributed by atoms with E-state index in [0.717, 1.165) is 5.56 Å². The maximum Gasteiger partial charge on any atom is 0.261 e. The quantitative estimate of drug-likeness (QED) is 0.848. The lowest BCUT2D eigenvalue weighted by atomic mass is 10.2. The minimum atomic E-state index is -3.67. The molecule has 0 aliphatic carbocycles. The maximum atomic E-state index is 12.3. The van der Waals surface area contributed by atoms with Gasteiger partial charge in [0, 0.05) is 6.07 Å². The molecule has 0 saturated carbocycles. The van der Waals surface area contributed by atoms with Crippen LogP contribution in [0.15, 0.2) is 47.4 Å². The van der Waals surface area contributed by atoms with Gasteiger partial charge in [-0.15, -0.1) is 0 Å². The molecule has 0 saturated heterocycles. The predicted octanol–water partition coefficient (Wildman–Crippen LogP) is 2.39. The Morgan fingerprint density at radius 3 is 2.55 bits per heavy atom. The topological polar surface area (TPSA) is 81.4 Å². The van der Waals surface area contributed by atoms with Crippen LogP contribution in [0.25, 0.3) is 0 Å². The second-order valence-corrected chi connectivity index (χ2v) is 6.06. The van der Waals surface area contributed by atoms with E-state index in [4.69, 9.17) is 10.5 Å². The number of methoxy groups -OCH3 is 1. The fourth-order valence-corrected chi connectivity index (χ4v) is 2.92. The molecule has 106 valence electrons. The van der Waals surface area contributed by atoms with E-state index in [1.807, 2.05) is 13.0 Å². The van der Waals surface area contributed by atoms with E-state index in [0.29, 0.717) is 17.1 Å². The maximum absolute atomic E-state index is 12.3. The van der Waals surface area contributed by atoms with E-state index >= 15 is 0 Å². The highest BCUT2D eigenvalue weighted by molar-refractivity contribution is 7.92. The first-order chi connectivity index (χ1) is 9.42. The van der Waals surface area contributed by atoms with Gasteiger partial charge in [-0.2, -0.15) is 0 Å². The smallest absolute Gasteiger partial charge is 0.261 e. The van der Waals surface area contributed by atoms with Gasteiger partial charge >= 0.3 is 0 Å². The van der Waals surface area contributed by atoms with Crippen LogP contribution in [0.2, 0.25) is 0 Å². The number of nitrogen functional groups attached to an aromatic ring is 1. The Balaban J connectivity index is 2.38. The van der Waals surface area contributed by atoms with E-state index in [-0.39, 0.29) is 4.90 Å². The molecule has 0 aliphatic rings. The average Bonchev–Trinajstić information content (AvgIpc) is 2.41. The fraction of sp³-hybridized carbons (Fsp3) is 0.143. The van der Waals surface area contributed by atoms with Crippen molar-refractivity contribution in [1.29, 1.82) is 0 Å². The lowest BCUT2D eigenvalue weighted by molar-refractivity contribution is 0.415. The summed E-state index contributed by atoms with van der Waals surface area (Å²) in [5.41, 5.74) is 7.28. The van der Waals surface area contributed by atoms with Crippen molar-refractivity contribution in [3.8, 4) is 5.75 Å². The Morgan fingerprint density at radius 2 is 1.90 bits per heavy atom. The summed E-state index contributed by atoms with van der Waals surface area (Å²) in [6.07, 6.45) is 0. The molecular weight excluding hydrogens is 276 g/mol. The van der Waals surface area contributed by atoms with Crippen LogP contribution >= 0.6 is 0 Å². The summed E-state index contributed by atoms with van der Waals surface area (Å²) in [6, 6.07) is 11.5. The van der Waals surface area contributed by atoms with Gasteiger partial charge in [-0.1, -0.05) is 12.1 Å². The zero-order valence-corrected chi connectivity index (χ0v) is 12.1. The molecule has 0 atom stereocenters. The van der Waals surface area contributed by atoms with E-state index < -0.39 is 10.0 Å². The van der Waals surface area contributed by atoms with Crippen molar-refractivity contribution < 1.29 is 13.2 Å². The highest BCUT2D eigenvalue weighted by Crippen LogP contribution is 2.27. The van der Waals surface area contributed by atoms with Gasteiger partial charge < -0.3 is 10.5 Å². The molecule has 0 amide bonds. The van der Waals surface area contributed by atoms with Crippen molar-refractivity contribution in [3.05, 3.63) is 48.0 Å². The summed E-state index contributed by atoms with van der Waals surface area (Å²) in [6.45, 7) is 1.83. The van der Waals surface area contributed by atoms with Crippen molar-refractivity contribution in [2.24, 2.45) is 0 Å². The third-order valence-electron chi connectivity index (χ3n) is 2.80. The summed E-state index contributed by atoms with van der Waals surface area (Å²) in [5, 5.41) is 0. The first-order valence-electron chi connectivity index (χ1n) is 5.95. The van der Waals surface area contributed by atoms with Gasteiger partial charge in [0.25, 0.3) is 10.0 Å². The lowest BCUT2D eigenvalue weighted by Gasteiger charge is -2.12. The largest absolute Gasteiger partial charge is 0.497 e. The van der Waals surface area contributed by atoms with E-state index in [1.54, 1.807) is 30.3 Å². The first-order valence-corrected chi connectivity index (χ1v) is 7.44. The Hall–Kier alpha value is -2.21. The molecule has 0 fully saturated rings. The van der Waals surface area contributed by atoms with Gasteiger partial charge in [-0.05, 0) is 36.8 Å². The molecule has 2 aromatic carbocycles. The first kappa shape index (κ1) is 14.2. The zero-order chi connectivity index (χ0) is 14.8. The van der Waals surface area contributed by atoms with Crippen LogP contribution in [-0.4, -0.2) is 15.5 Å². The molecule has 2 rings (SSSR count). The monoisotopic (exact) mass is 292 g/mol. The molecule has 0 unspecified atom stereocenters. The van der Waals surface area contributed by atoms with Crippen LogP contribution in [0.4, 0.5) is 11.4 Å². The second kappa shape index (κ2) is 5.42. The highest BCUT2D eigenvalue weighted by atomic mass is 32.2. The van der Waals surface area contributed by atoms with Crippen LogP contribution in [0, 0.1) is 6.92 Å². The van der Waals surface area contributed by atoms with E-state index in [1.165, 1.54) is 13.2 Å². The number of hydrogen-bond donors (Lipinski definition) is 2. The van der Waals surface area contributed by atoms with Gasteiger partial charge in [0.2, 0.25) is 0 Å². The number of hydrogen-bond acceptors (Lipinski definition) is 4. The average molecular weight is 292 g/mol. The number of ether oxygens (including phenoxy) is 1. The molecule has 0 bridgehead atoms. The Bertz CT molecular complexity index is 727. The van der Waals surface area contributed by atoms with Crippen LogP contribution in [0.5, 0.6) is 5.75 Å². The number of anilines is 2. The Labute approximate surface area is 118 Å². The minimum Gasteiger partial charge on any atom is -0.497 e. The molecule has 0 aliphatic heterocycles. The summed E-state index contributed by atoms with van der Waals surface area (Å²) in [4.78, 5) is 0.194. The normalized spacial score (nSPS) is 11.1. The van der Waals surface area contributed by atoms with Gasteiger partial charge in [0.05, 0.1) is 23.4 Å². The molecule has 0 radical (unpaired) electrons. The van der Waals surface area contributed by atoms with Crippen molar-refractivity contribution in [3.63, 3.8) is 0 Å². The number of benzene rings is 2. The van der Waals surface area contributed by atoms with Gasteiger partial charge in [-0.3, -0.25) is 4.72 Å². The van der Waals surface area contributed by atoms with Gasteiger partial charge in [0.15, 0.2) is 0 Å². The second-order valence-electron chi connectivity index (χ2n) is 4.38. The van der Waals surface area contributed by atoms with Crippen LogP contribution in [0.1, 0.15) is 5.56 Å². The lowest BCUT2D eigenvalue weighted by Crippen LogP contribution is -2.14. The van der Waals surface area contributed by atoms with Crippen molar-refractivity contribution in [2.45, 2.75) is 11.8 Å². The number of nitrogens with two attached hydrogens (primary N) is 1. The number of rotatable bonds is 4. The van der Waals surface area contributed by atoms with Crippen molar-refractivity contribution in [1.82, 2.24) is 0 Å². The summed E-state index contributed by atoms with van der Waals surface area (Å²) >= 11 is 0. The van der Waals surface area contributed by atoms with Crippen molar-refractivity contribution >= 4 is 21.4 Å². The van der Waals surface area contributed by atoms with Crippen LogP contribution in [0.3, 0.4) is 0 Å². The zero-order valence-electron chi connectivity index (χ0n) is 11.3. The number of aryl methyl sites for hydroxylation is 1. The van der Waals surface area contributed by atoms with E-state index in [9.17, 15) is 8.42 Å². The molecule has 3 N–H and O–H groups in total. The predicted molar refractivity (Wildman–Crippen MR) is 79.4 cm³/mol. The SMILES string of the molecule is COc1ccc(N)c(NS(=O)(=O)c2cccc(C)c2)c1. The number of nitrogens with one attached hydrogen (secondary N) is 1. The summed E-state index contributed by atoms with van der Waals surface area (Å²) in [7, 11) is -2.16. The third kappa shape index (κ3) is 3.03. The molecule has 0 spiro atoms. The minimum absolute atomic E-state index is 0.194. The van der Waals surface area contributed by atoms with Crippen LogP contribution < -0.4 is 15.2 Å². The summed E-state index contributed by atoms with van der Waals surface area (Å²) < 4.78 is 32.1. The standard InChI is InChI=1S/C14H16N2O3S/c1-10-4-3-5-12(8-10)20(17,18)16-14-9-11(19-2)6-7-13(14)15/h3-9,16H,15H2,1-2H3. The molecule has 2 aromatic rings. The van der Waals surface area contributed by atoms with E-state index in [2.05, 4.69) is 4.72 Å². The molecule has 6 heteroatoms. The van der Waals surface area contributed by atoms with Crippen LogP contribution in [-0.2, 0) is 10.0 Å². The molecule has 0 heterocycles. The third-order valence-corrected chi connectivity index (χ3v) is 4.17. The van der Waals surface area contributed by atoms with Gasteiger partial charge in [-0.25, -0.2) is 8.42 Å². The molecule has 0 aromatic heterocycles. The summed E-state index contributed by atoms with van der Waals surface area (Å²) in [5.74, 6) is 0.529. The van der Waals surface area contributed by atoms with Gasteiger partial charge in [0.1, 0.15) is 5.75 Å². The molecule has 5 nitrogen and oxygen atoms in total. The fourth-order valence-electron chi connectivity index (χ4n) is 1.74. The highest BCUT2D eigenvalue weighted by Gasteiger charge is 2.16. The Kier molecular flexibility index (Phi) is 3.85.